The Morgan fingerprint density at radius 2 is 2.00 bits per heavy atom. The molecule has 3 aliphatic rings. The zero-order valence-corrected chi connectivity index (χ0v) is 18.4. The molecule has 1 aromatic heterocycles. The van der Waals surface area contributed by atoms with Crippen LogP contribution in [0.25, 0.3) is 0 Å². The number of thiophene rings is 1. The van der Waals surface area contributed by atoms with Crippen molar-refractivity contribution in [3.8, 4) is 0 Å². The van der Waals surface area contributed by atoms with Crippen molar-refractivity contribution in [2.45, 2.75) is 37.8 Å². The van der Waals surface area contributed by atoms with Crippen LogP contribution in [0, 0.1) is 0 Å². The second-order valence-electron chi connectivity index (χ2n) is 7.90. The summed E-state index contributed by atoms with van der Waals surface area (Å²) >= 11 is 7.17. The van der Waals surface area contributed by atoms with Gasteiger partial charge in [0.05, 0.1) is 22.3 Å². The normalized spacial score (nSPS) is 21.0. The Labute approximate surface area is 189 Å². The average Bonchev–Trinajstić information content (AvgIpc) is 3.44. The molecule has 0 N–H and O–H groups in total. The molecule has 1 saturated heterocycles. The Balaban J connectivity index is 1.21. The maximum atomic E-state index is 12.4. The van der Waals surface area contributed by atoms with Gasteiger partial charge in [-0.05, 0) is 55.7 Å². The third-order valence-electron chi connectivity index (χ3n) is 5.69. The van der Waals surface area contributed by atoms with Crippen LogP contribution in [0.3, 0.4) is 0 Å². The standard InChI is InChI=1S/C22H22ClN3O4S/c23-20-10-9-19(31-20)18(27)8-7-17-13-26(22(28)30-17)16-3-1-14(2-4-16)21-24-29-12-11-25(21)15-5-6-15/h1-4,9-10,15,17H,5-8,11-13H2/t17-/m0/s1. The van der Waals surface area contributed by atoms with Crippen molar-refractivity contribution >= 4 is 46.3 Å². The number of hydrogen-bond acceptors (Lipinski definition) is 7. The second kappa shape index (κ2) is 8.51. The van der Waals surface area contributed by atoms with E-state index in [-0.39, 0.29) is 18.0 Å². The van der Waals surface area contributed by atoms with Crippen molar-refractivity contribution < 1.29 is 19.2 Å². The van der Waals surface area contributed by atoms with Crippen LogP contribution in [0.1, 0.15) is 40.9 Å². The number of ketones is 1. The number of halogens is 1. The van der Waals surface area contributed by atoms with Crippen molar-refractivity contribution in [3.05, 3.63) is 51.2 Å². The highest BCUT2D eigenvalue weighted by Gasteiger charge is 2.35. The fraction of sp³-hybridized carbons (Fsp3) is 0.409. The van der Waals surface area contributed by atoms with Crippen LogP contribution in [-0.4, -0.2) is 54.5 Å². The molecule has 5 rings (SSSR count). The largest absolute Gasteiger partial charge is 0.444 e. The summed E-state index contributed by atoms with van der Waals surface area (Å²) in [6.45, 7) is 1.89. The molecule has 1 aromatic carbocycles. The number of carbonyl (C=O) groups excluding carboxylic acids is 2. The maximum Gasteiger partial charge on any atom is 0.414 e. The summed E-state index contributed by atoms with van der Waals surface area (Å²) in [5.41, 5.74) is 1.74. The third-order valence-corrected chi connectivity index (χ3v) is 6.96. The Morgan fingerprint density at radius 3 is 2.71 bits per heavy atom. The lowest BCUT2D eigenvalue weighted by molar-refractivity contribution is 0.0943. The molecule has 1 amide bonds. The minimum Gasteiger partial charge on any atom is -0.444 e. The summed E-state index contributed by atoms with van der Waals surface area (Å²) in [6, 6.07) is 11.7. The summed E-state index contributed by atoms with van der Waals surface area (Å²) in [5, 5.41) is 4.26. The molecule has 2 aliphatic heterocycles. The second-order valence-corrected chi connectivity index (χ2v) is 9.62. The van der Waals surface area contributed by atoms with Gasteiger partial charge in [-0.15, -0.1) is 11.3 Å². The SMILES string of the molecule is O=C(CC[C@H]1CN(c2ccc(C3=NOCCN3C3CC3)cc2)C(=O)O1)c1ccc(Cl)s1. The minimum atomic E-state index is -0.387. The molecule has 1 aliphatic carbocycles. The first kappa shape index (κ1) is 20.3. The zero-order chi connectivity index (χ0) is 21.4. The van der Waals surface area contributed by atoms with Crippen LogP contribution in [0.5, 0.6) is 0 Å². The molecule has 9 heteroatoms. The number of carbonyl (C=O) groups is 2. The summed E-state index contributed by atoms with van der Waals surface area (Å²) < 4.78 is 6.08. The predicted molar refractivity (Wildman–Crippen MR) is 119 cm³/mol. The summed E-state index contributed by atoms with van der Waals surface area (Å²) in [4.78, 5) is 34.5. The highest BCUT2D eigenvalue weighted by atomic mass is 35.5. The van der Waals surface area contributed by atoms with Gasteiger partial charge in [-0.25, -0.2) is 4.79 Å². The van der Waals surface area contributed by atoms with E-state index in [2.05, 4.69) is 10.1 Å². The summed E-state index contributed by atoms with van der Waals surface area (Å²) in [7, 11) is 0. The number of rotatable bonds is 7. The monoisotopic (exact) mass is 459 g/mol. The number of oxime groups is 1. The van der Waals surface area contributed by atoms with Crippen LogP contribution in [0.2, 0.25) is 4.34 Å². The first-order valence-electron chi connectivity index (χ1n) is 10.4. The van der Waals surface area contributed by atoms with Crippen molar-refractivity contribution in [2.24, 2.45) is 5.16 Å². The highest BCUT2D eigenvalue weighted by Crippen LogP contribution is 2.31. The number of Topliss-reactive ketones (excluding diaryl/α,β-unsaturated/α-hetero) is 1. The van der Waals surface area contributed by atoms with E-state index < -0.39 is 0 Å². The molecule has 1 atom stereocenters. The highest BCUT2D eigenvalue weighted by molar-refractivity contribution is 7.18. The van der Waals surface area contributed by atoms with E-state index in [0.29, 0.717) is 41.2 Å². The van der Waals surface area contributed by atoms with E-state index >= 15 is 0 Å². The van der Waals surface area contributed by atoms with Crippen molar-refractivity contribution in [2.75, 3.05) is 24.6 Å². The number of hydrogen-bond donors (Lipinski definition) is 0. The molecule has 0 unspecified atom stereocenters. The molecule has 1 saturated carbocycles. The van der Waals surface area contributed by atoms with Gasteiger partial charge in [-0.1, -0.05) is 16.8 Å². The van der Waals surface area contributed by atoms with E-state index in [0.717, 1.165) is 23.6 Å². The van der Waals surface area contributed by atoms with Gasteiger partial charge in [-0.2, -0.15) is 0 Å². The van der Waals surface area contributed by atoms with Crippen molar-refractivity contribution in [3.63, 3.8) is 0 Å². The van der Waals surface area contributed by atoms with Crippen LogP contribution in [-0.2, 0) is 9.57 Å². The number of benzene rings is 1. The van der Waals surface area contributed by atoms with Gasteiger partial charge in [0.1, 0.15) is 12.7 Å². The van der Waals surface area contributed by atoms with Crippen LogP contribution < -0.4 is 4.90 Å². The van der Waals surface area contributed by atoms with E-state index in [1.54, 1.807) is 17.0 Å². The zero-order valence-electron chi connectivity index (χ0n) is 16.8. The van der Waals surface area contributed by atoms with Gasteiger partial charge in [0.15, 0.2) is 11.6 Å². The number of nitrogens with zero attached hydrogens (tertiary/aromatic N) is 3. The van der Waals surface area contributed by atoms with Crippen LogP contribution in [0.4, 0.5) is 10.5 Å². The number of amides is 1. The van der Waals surface area contributed by atoms with E-state index in [4.69, 9.17) is 21.2 Å². The lowest BCUT2D eigenvalue weighted by Gasteiger charge is -2.28. The summed E-state index contributed by atoms with van der Waals surface area (Å²) in [6.07, 6.45) is 2.49. The van der Waals surface area contributed by atoms with Gasteiger partial charge in [0.25, 0.3) is 0 Å². The third kappa shape index (κ3) is 4.41. The van der Waals surface area contributed by atoms with Crippen molar-refractivity contribution in [1.29, 1.82) is 0 Å². The average molecular weight is 460 g/mol. The molecule has 3 heterocycles. The molecule has 31 heavy (non-hydrogen) atoms. The Hall–Kier alpha value is -2.58. The predicted octanol–water partition coefficient (Wildman–Crippen LogP) is 4.55. The fourth-order valence-corrected chi connectivity index (χ4v) is 4.93. The molecular formula is C22H22ClN3O4S. The smallest absolute Gasteiger partial charge is 0.414 e. The molecule has 2 aromatic rings. The first-order valence-corrected chi connectivity index (χ1v) is 11.6. The Kier molecular flexibility index (Phi) is 5.58. The number of amidine groups is 1. The van der Waals surface area contributed by atoms with Crippen LogP contribution in [0.15, 0.2) is 41.6 Å². The molecular weight excluding hydrogens is 438 g/mol. The van der Waals surface area contributed by atoms with E-state index in [9.17, 15) is 9.59 Å². The molecule has 7 nitrogen and oxygen atoms in total. The van der Waals surface area contributed by atoms with Crippen molar-refractivity contribution in [1.82, 2.24) is 4.90 Å². The first-order chi connectivity index (χ1) is 15.1. The van der Waals surface area contributed by atoms with Gasteiger partial charge in [0.2, 0.25) is 0 Å². The quantitative estimate of drug-likeness (QED) is 0.568. The lowest BCUT2D eigenvalue weighted by atomic mass is 10.1. The number of ether oxygens (including phenoxy) is 1. The molecule has 2 fully saturated rings. The number of cyclic esters (lactones) is 1. The Morgan fingerprint density at radius 1 is 1.19 bits per heavy atom. The van der Waals surface area contributed by atoms with Gasteiger partial charge in [0, 0.05) is 23.7 Å². The molecule has 0 radical (unpaired) electrons. The van der Waals surface area contributed by atoms with Crippen LogP contribution >= 0.6 is 22.9 Å². The molecule has 162 valence electrons. The van der Waals surface area contributed by atoms with E-state index in [1.165, 1.54) is 24.2 Å². The van der Waals surface area contributed by atoms with Gasteiger partial charge in [-0.3, -0.25) is 9.69 Å². The van der Waals surface area contributed by atoms with Gasteiger partial charge >= 0.3 is 6.09 Å². The van der Waals surface area contributed by atoms with E-state index in [1.807, 2.05) is 24.3 Å². The maximum absolute atomic E-state index is 12.4. The Bertz CT molecular complexity index is 1020. The molecule has 0 bridgehead atoms. The fourth-order valence-electron chi connectivity index (χ4n) is 3.92. The minimum absolute atomic E-state index is 0.0199. The van der Waals surface area contributed by atoms with Gasteiger partial charge < -0.3 is 14.5 Å². The number of anilines is 1. The molecule has 0 spiro atoms. The topological polar surface area (TPSA) is 71.4 Å². The summed E-state index contributed by atoms with van der Waals surface area (Å²) in [5.74, 6) is 0.876. The lowest BCUT2D eigenvalue weighted by Crippen LogP contribution is -2.39.